The van der Waals surface area contributed by atoms with Crippen molar-refractivity contribution < 1.29 is 19.0 Å². The zero-order chi connectivity index (χ0) is 14.5. The Bertz CT molecular complexity index is 487. The van der Waals surface area contributed by atoms with Crippen molar-refractivity contribution in [1.29, 1.82) is 0 Å². The molecule has 5 nitrogen and oxygen atoms in total. The van der Waals surface area contributed by atoms with Gasteiger partial charge >= 0.3 is 0 Å². The number of ether oxygens (including phenoxy) is 1. The minimum Gasteiger partial charge on any atom is -0.494 e. The summed E-state index contributed by atoms with van der Waals surface area (Å²) in [4.78, 5) is 11.8. The Balaban J connectivity index is 0.00000220. The van der Waals surface area contributed by atoms with Gasteiger partial charge in [0.2, 0.25) is 5.91 Å². The van der Waals surface area contributed by atoms with E-state index in [-0.39, 0.29) is 36.4 Å². The Hall–Kier alpha value is -1.37. The molecule has 7 heteroatoms. The number of carbonyl (C=O) groups is 1. The molecule has 2 atom stereocenters. The quantitative estimate of drug-likeness (QED) is 0.739. The van der Waals surface area contributed by atoms with Crippen LogP contribution in [0.5, 0.6) is 5.75 Å². The number of rotatable bonds is 5. The summed E-state index contributed by atoms with van der Waals surface area (Å²) in [5.74, 6) is -0.470. The summed E-state index contributed by atoms with van der Waals surface area (Å²) < 4.78 is 18.3. The van der Waals surface area contributed by atoms with Gasteiger partial charge in [0.15, 0.2) is 11.6 Å². The first-order chi connectivity index (χ1) is 9.60. The Morgan fingerprint density at radius 3 is 2.86 bits per heavy atom. The number of nitrogens with one attached hydrogen (secondary N) is 2. The number of aliphatic hydroxyl groups is 1. The number of halogens is 2. The molecule has 0 aromatic heterocycles. The largest absolute Gasteiger partial charge is 0.494 e. The highest BCUT2D eigenvalue weighted by molar-refractivity contribution is 5.85. The van der Waals surface area contributed by atoms with Crippen LogP contribution in [0.15, 0.2) is 18.2 Å². The van der Waals surface area contributed by atoms with Gasteiger partial charge in [0.25, 0.3) is 0 Å². The zero-order valence-corrected chi connectivity index (χ0v) is 12.6. The molecule has 1 amide bonds. The molecule has 1 fully saturated rings. The van der Waals surface area contributed by atoms with Crippen molar-refractivity contribution in [2.45, 2.75) is 12.5 Å². The lowest BCUT2D eigenvalue weighted by atomic mass is 10.1. The SMILES string of the molecule is COc1ccc(CC(=O)NCC2CNCC2O)cc1F.Cl. The van der Waals surface area contributed by atoms with Crippen molar-refractivity contribution in [3.8, 4) is 5.75 Å². The number of amides is 1. The van der Waals surface area contributed by atoms with E-state index in [1.54, 1.807) is 6.07 Å². The third kappa shape index (κ3) is 4.84. The number of hydrogen-bond donors (Lipinski definition) is 3. The Morgan fingerprint density at radius 1 is 1.52 bits per heavy atom. The van der Waals surface area contributed by atoms with Crippen LogP contribution in [-0.2, 0) is 11.2 Å². The van der Waals surface area contributed by atoms with Gasteiger partial charge in [-0.2, -0.15) is 0 Å². The lowest BCUT2D eigenvalue weighted by Crippen LogP contribution is -2.35. The summed E-state index contributed by atoms with van der Waals surface area (Å²) in [7, 11) is 1.39. The number of β-amino-alcohol motifs (C(OH)–C–C–N with tert-alkyl or cyclic N) is 1. The Morgan fingerprint density at radius 2 is 2.29 bits per heavy atom. The van der Waals surface area contributed by atoms with E-state index in [9.17, 15) is 14.3 Å². The first-order valence-electron chi connectivity index (χ1n) is 6.58. The van der Waals surface area contributed by atoms with E-state index >= 15 is 0 Å². The maximum Gasteiger partial charge on any atom is 0.224 e. The molecule has 0 radical (unpaired) electrons. The van der Waals surface area contributed by atoms with E-state index in [1.165, 1.54) is 19.2 Å². The molecule has 1 aromatic rings. The standard InChI is InChI=1S/C14H19FN2O3.ClH/c1-20-13-3-2-9(4-11(13)15)5-14(19)17-7-10-6-16-8-12(10)18;/h2-4,10,12,16,18H,5-8H2,1H3,(H,17,19);1H. The van der Waals surface area contributed by atoms with E-state index in [0.29, 0.717) is 25.2 Å². The summed E-state index contributed by atoms with van der Waals surface area (Å²) in [5.41, 5.74) is 0.589. The van der Waals surface area contributed by atoms with Crippen LogP contribution in [-0.4, -0.2) is 43.9 Å². The number of methoxy groups -OCH3 is 1. The normalized spacial score (nSPS) is 20.7. The maximum atomic E-state index is 13.5. The van der Waals surface area contributed by atoms with Gasteiger partial charge in [0.05, 0.1) is 19.6 Å². The van der Waals surface area contributed by atoms with Gasteiger partial charge in [-0.15, -0.1) is 12.4 Å². The Kier molecular flexibility index (Phi) is 6.87. The zero-order valence-electron chi connectivity index (χ0n) is 11.8. The van der Waals surface area contributed by atoms with Crippen molar-refractivity contribution in [3.05, 3.63) is 29.6 Å². The predicted molar refractivity (Wildman–Crippen MR) is 79.3 cm³/mol. The van der Waals surface area contributed by atoms with Gasteiger partial charge in [-0.1, -0.05) is 6.07 Å². The van der Waals surface area contributed by atoms with Crippen LogP contribution < -0.4 is 15.4 Å². The number of benzene rings is 1. The second-order valence-corrected chi connectivity index (χ2v) is 4.94. The molecule has 2 rings (SSSR count). The van der Waals surface area contributed by atoms with Crippen LogP contribution in [0.25, 0.3) is 0 Å². The molecule has 0 aliphatic carbocycles. The summed E-state index contributed by atoms with van der Waals surface area (Å²) >= 11 is 0. The second-order valence-electron chi connectivity index (χ2n) is 4.94. The van der Waals surface area contributed by atoms with Crippen molar-refractivity contribution in [3.63, 3.8) is 0 Å². The summed E-state index contributed by atoms with van der Waals surface area (Å²) in [6.45, 7) is 1.68. The second kappa shape index (κ2) is 8.17. The molecular weight excluding hydrogens is 299 g/mol. The third-order valence-electron chi connectivity index (χ3n) is 3.45. The van der Waals surface area contributed by atoms with Gasteiger partial charge in [-0.25, -0.2) is 4.39 Å². The first-order valence-corrected chi connectivity index (χ1v) is 6.58. The molecule has 0 saturated carbocycles. The number of aliphatic hydroxyl groups excluding tert-OH is 1. The fraction of sp³-hybridized carbons (Fsp3) is 0.500. The first kappa shape index (κ1) is 17.7. The molecule has 0 spiro atoms. The van der Waals surface area contributed by atoms with E-state index in [1.807, 2.05) is 0 Å². The van der Waals surface area contributed by atoms with Crippen molar-refractivity contribution in [2.24, 2.45) is 5.92 Å². The summed E-state index contributed by atoms with van der Waals surface area (Å²) in [5, 5.41) is 15.4. The van der Waals surface area contributed by atoms with Gasteiger partial charge in [-0.3, -0.25) is 4.79 Å². The summed E-state index contributed by atoms with van der Waals surface area (Å²) in [6, 6.07) is 4.46. The van der Waals surface area contributed by atoms with Crippen molar-refractivity contribution in [1.82, 2.24) is 10.6 Å². The van der Waals surface area contributed by atoms with E-state index in [0.717, 1.165) is 0 Å². The van der Waals surface area contributed by atoms with Gasteiger partial charge in [0, 0.05) is 25.6 Å². The monoisotopic (exact) mass is 318 g/mol. The molecular formula is C14H20ClFN2O3. The average Bonchev–Trinajstić information content (AvgIpc) is 2.82. The molecule has 1 aromatic carbocycles. The molecule has 3 N–H and O–H groups in total. The van der Waals surface area contributed by atoms with Gasteiger partial charge in [-0.05, 0) is 17.7 Å². The molecule has 0 bridgehead atoms. The molecule has 2 unspecified atom stereocenters. The van der Waals surface area contributed by atoms with Gasteiger partial charge < -0.3 is 20.5 Å². The van der Waals surface area contributed by atoms with E-state index in [2.05, 4.69) is 10.6 Å². The number of carbonyl (C=O) groups excluding carboxylic acids is 1. The minimum atomic E-state index is -0.479. The van der Waals surface area contributed by atoms with Crippen LogP contribution in [0.1, 0.15) is 5.56 Å². The highest BCUT2D eigenvalue weighted by Crippen LogP contribution is 2.18. The maximum absolute atomic E-state index is 13.5. The van der Waals surface area contributed by atoms with E-state index < -0.39 is 11.9 Å². The fourth-order valence-corrected chi connectivity index (χ4v) is 2.24. The third-order valence-corrected chi connectivity index (χ3v) is 3.45. The van der Waals surface area contributed by atoms with Crippen LogP contribution in [0.4, 0.5) is 4.39 Å². The van der Waals surface area contributed by atoms with Crippen molar-refractivity contribution in [2.75, 3.05) is 26.7 Å². The van der Waals surface area contributed by atoms with Crippen LogP contribution in [0, 0.1) is 11.7 Å². The molecule has 1 heterocycles. The predicted octanol–water partition coefficient (Wildman–Crippen LogP) is 0.495. The topological polar surface area (TPSA) is 70.6 Å². The van der Waals surface area contributed by atoms with E-state index in [4.69, 9.17) is 4.74 Å². The molecule has 21 heavy (non-hydrogen) atoms. The highest BCUT2D eigenvalue weighted by atomic mass is 35.5. The number of hydrogen-bond acceptors (Lipinski definition) is 4. The Labute approximate surface area is 129 Å². The average molecular weight is 319 g/mol. The fourth-order valence-electron chi connectivity index (χ4n) is 2.24. The lowest BCUT2D eigenvalue weighted by Gasteiger charge is -2.14. The van der Waals surface area contributed by atoms with Crippen molar-refractivity contribution >= 4 is 18.3 Å². The molecule has 1 aliphatic heterocycles. The van der Waals surface area contributed by atoms with Gasteiger partial charge in [0.1, 0.15) is 0 Å². The van der Waals surface area contributed by atoms with Crippen LogP contribution in [0.3, 0.4) is 0 Å². The van der Waals surface area contributed by atoms with Crippen LogP contribution in [0.2, 0.25) is 0 Å². The highest BCUT2D eigenvalue weighted by Gasteiger charge is 2.24. The lowest BCUT2D eigenvalue weighted by molar-refractivity contribution is -0.120. The summed E-state index contributed by atoms with van der Waals surface area (Å²) in [6.07, 6.45) is -0.314. The van der Waals surface area contributed by atoms with Crippen LogP contribution >= 0.6 is 12.4 Å². The molecule has 118 valence electrons. The smallest absolute Gasteiger partial charge is 0.224 e. The minimum absolute atomic E-state index is 0. The molecule has 1 aliphatic rings. The molecule has 1 saturated heterocycles.